The Balaban J connectivity index is 1.71. The lowest BCUT2D eigenvalue weighted by Crippen LogP contribution is -2.58. The number of carbonyl (C=O) groups is 1. The summed E-state index contributed by atoms with van der Waals surface area (Å²) >= 11 is 13.3. The molecular formula is C33H34Cl2N2O5S2. The van der Waals surface area contributed by atoms with Crippen LogP contribution < -0.4 is 11.5 Å². The van der Waals surface area contributed by atoms with Crippen LogP contribution in [0.4, 0.5) is 0 Å². The fraction of sp³-hybridized carbons (Fsp3) is 0.242. The van der Waals surface area contributed by atoms with Crippen molar-refractivity contribution in [1.82, 2.24) is 0 Å². The number of benzene rings is 4. The number of hydrogen-bond donors (Lipinski definition) is 2. The number of halogens is 2. The van der Waals surface area contributed by atoms with Crippen molar-refractivity contribution in [3.63, 3.8) is 0 Å². The molecule has 0 aliphatic carbocycles. The number of hydrogen-bond acceptors (Lipinski definition) is 7. The van der Waals surface area contributed by atoms with Crippen LogP contribution in [0, 0.1) is 13.8 Å². The second kappa shape index (κ2) is 13.1. The summed E-state index contributed by atoms with van der Waals surface area (Å²) in [5, 5.41) is -2.68. The molecule has 0 radical (unpaired) electrons. The maximum Gasteiger partial charge on any atom is 0.202 e. The van der Waals surface area contributed by atoms with Crippen LogP contribution in [0.2, 0.25) is 0 Å². The van der Waals surface area contributed by atoms with Gasteiger partial charge in [-0.3, -0.25) is 4.79 Å². The fourth-order valence-electron chi connectivity index (χ4n) is 5.00. The molecule has 0 saturated carbocycles. The minimum Gasteiger partial charge on any atom is -0.306 e. The maximum absolute atomic E-state index is 13.9. The third-order valence-electron chi connectivity index (χ3n) is 7.51. The predicted molar refractivity (Wildman–Crippen MR) is 175 cm³/mol. The van der Waals surface area contributed by atoms with E-state index in [2.05, 4.69) is 0 Å². The molecule has 4 atom stereocenters. The average molecular weight is 674 g/mol. The summed E-state index contributed by atoms with van der Waals surface area (Å²) in [6, 6.07) is 29.1. The van der Waals surface area contributed by atoms with E-state index >= 15 is 0 Å². The number of alkyl halides is 2. The first-order chi connectivity index (χ1) is 20.6. The summed E-state index contributed by atoms with van der Waals surface area (Å²) in [7, 11) is -8.22. The molecule has 44 heavy (non-hydrogen) atoms. The number of nitrogens with two attached hydrogens (primary N) is 2. The molecule has 4 unspecified atom stereocenters. The summed E-state index contributed by atoms with van der Waals surface area (Å²) in [6.07, 6.45) is -1.17. The van der Waals surface area contributed by atoms with Gasteiger partial charge in [-0.2, -0.15) is 0 Å². The van der Waals surface area contributed by atoms with Crippen molar-refractivity contribution in [1.29, 1.82) is 0 Å². The first kappa shape index (κ1) is 33.8. The lowest BCUT2D eigenvalue weighted by atomic mass is 9.93. The minimum absolute atomic E-state index is 0.0232. The zero-order valence-electron chi connectivity index (χ0n) is 24.2. The third-order valence-corrected chi connectivity index (χ3v) is 12.4. The van der Waals surface area contributed by atoms with Gasteiger partial charge in [0.2, 0.25) is 5.78 Å². The first-order valence-electron chi connectivity index (χ1n) is 13.8. The average Bonchev–Trinajstić information content (AvgIpc) is 2.99. The summed E-state index contributed by atoms with van der Waals surface area (Å²) in [6.45, 7) is 3.66. The number of sulfone groups is 2. The third kappa shape index (κ3) is 7.42. The largest absolute Gasteiger partial charge is 0.306 e. The van der Waals surface area contributed by atoms with Gasteiger partial charge in [0.25, 0.3) is 0 Å². The second-order valence-electron chi connectivity index (χ2n) is 11.0. The molecule has 0 aliphatic rings. The Morgan fingerprint density at radius 3 is 1.18 bits per heavy atom. The molecule has 0 heterocycles. The normalized spacial score (nSPS) is 16.3. The van der Waals surface area contributed by atoms with E-state index in [0.717, 1.165) is 11.1 Å². The van der Waals surface area contributed by atoms with Gasteiger partial charge in [-0.15, -0.1) is 0 Å². The van der Waals surface area contributed by atoms with E-state index in [0.29, 0.717) is 11.1 Å². The Labute approximate surface area is 269 Å². The lowest BCUT2D eigenvalue weighted by Gasteiger charge is -2.34. The van der Waals surface area contributed by atoms with Crippen molar-refractivity contribution in [2.75, 3.05) is 0 Å². The molecule has 4 rings (SSSR count). The molecule has 7 nitrogen and oxygen atoms in total. The molecule has 0 aromatic heterocycles. The van der Waals surface area contributed by atoms with Crippen molar-refractivity contribution >= 4 is 48.7 Å². The Morgan fingerprint density at radius 1 is 0.591 bits per heavy atom. The standard InChI is InChI=1S/C33H34Cl2N2O5S2/c1-23-13-17-27(18-14-23)43(39,40)29(25-9-5-3-6-10-25)21-32(34,36)31(38)33(35,37)22-30(26-11-7-4-8-12-26)44(41,42)28-19-15-24(2)16-20-28/h3-20,29-30H,21-22,36-37H2,1-2H3. The van der Waals surface area contributed by atoms with Gasteiger partial charge in [-0.05, 0) is 49.2 Å². The van der Waals surface area contributed by atoms with E-state index in [9.17, 15) is 21.6 Å². The number of carbonyl (C=O) groups excluding carboxylic acids is 1. The molecule has 4 aromatic carbocycles. The SMILES string of the molecule is Cc1ccc(S(=O)(=O)C(CC(N)(Cl)C(=O)C(N)(Cl)CC(c2ccccc2)S(=O)(=O)c2ccc(C)cc2)c2ccccc2)cc1. The Hall–Kier alpha value is -3.05. The Bertz CT molecular complexity index is 1680. The van der Waals surface area contributed by atoms with Gasteiger partial charge in [-0.1, -0.05) is 119 Å². The molecule has 0 aliphatic heterocycles. The molecule has 0 spiro atoms. The predicted octanol–water partition coefficient (Wildman–Crippen LogP) is 6.17. The van der Waals surface area contributed by atoms with Gasteiger partial charge in [0.15, 0.2) is 29.7 Å². The van der Waals surface area contributed by atoms with Gasteiger partial charge < -0.3 is 11.5 Å². The summed E-state index contributed by atoms with van der Waals surface area (Å²) in [4.78, 5) is 9.21. The van der Waals surface area contributed by atoms with Gasteiger partial charge in [-0.25, -0.2) is 16.8 Å². The highest BCUT2D eigenvalue weighted by Crippen LogP contribution is 2.42. The van der Waals surface area contributed by atoms with Crippen LogP contribution in [-0.4, -0.2) is 32.6 Å². The Morgan fingerprint density at radius 2 is 0.886 bits per heavy atom. The molecule has 232 valence electrons. The quantitative estimate of drug-likeness (QED) is 0.136. The van der Waals surface area contributed by atoms with E-state index < -0.39 is 58.8 Å². The van der Waals surface area contributed by atoms with Crippen molar-refractivity contribution in [3.8, 4) is 0 Å². The van der Waals surface area contributed by atoms with E-state index in [1.807, 2.05) is 13.8 Å². The first-order valence-corrected chi connectivity index (χ1v) is 17.6. The van der Waals surface area contributed by atoms with E-state index in [1.54, 1.807) is 84.9 Å². The van der Waals surface area contributed by atoms with Crippen molar-refractivity contribution in [2.45, 2.75) is 57.0 Å². The molecule has 0 saturated heterocycles. The van der Waals surface area contributed by atoms with Gasteiger partial charge in [0.05, 0.1) is 20.3 Å². The fourth-order valence-corrected chi connectivity index (χ4v) is 9.56. The molecule has 4 N–H and O–H groups in total. The highest BCUT2D eigenvalue weighted by atomic mass is 35.5. The highest BCUT2D eigenvalue weighted by Gasteiger charge is 2.50. The van der Waals surface area contributed by atoms with E-state index in [4.69, 9.17) is 34.7 Å². The number of ketones is 1. The number of rotatable bonds is 12. The molecular weight excluding hydrogens is 639 g/mol. The monoisotopic (exact) mass is 672 g/mol. The van der Waals surface area contributed by atoms with Gasteiger partial charge in [0.1, 0.15) is 0 Å². The summed E-state index contributed by atoms with van der Waals surface area (Å²) < 4.78 is 55.6. The van der Waals surface area contributed by atoms with Crippen molar-refractivity contribution in [2.24, 2.45) is 11.5 Å². The number of aryl methyl sites for hydroxylation is 2. The molecule has 4 aromatic rings. The van der Waals surface area contributed by atoms with Crippen LogP contribution >= 0.6 is 23.2 Å². The summed E-state index contributed by atoms with van der Waals surface area (Å²) in [5.41, 5.74) is 15.2. The molecule has 0 amide bonds. The zero-order valence-corrected chi connectivity index (χ0v) is 27.4. The van der Waals surface area contributed by atoms with E-state index in [-0.39, 0.29) is 9.79 Å². The highest BCUT2D eigenvalue weighted by molar-refractivity contribution is 7.92. The number of Topliss-reactive ketones (excluding diaryl/α,β-unsaturated/α-hetero) is 1. The lowest BCUT2D eigenvalue weighted by molar-refractivity contribution is -0.124. The van der Waals surface area contributed by atoms with Crippen LogP contribution in [0.3, 0.4) is 0 Å². The van der Waals surface area contributed by atoms with Crippen LogP contribution in [-0.2, 0) is 24.5 Å². The van der Waals surface area contributed by atoms with Crippen LogP contribution in [0.5, 0.6) is 0 Å². The van der Waals surface area contributed by atoms with Crippen molar-refractivity contribution < 1.29 is 21.6 Å². The molecule has 0 fully saturated rings. The van der Waals surface area contributed by atoms with Crippen LogP contribution in [0.15, 0.2) is 119 Å². The van der Waals surface area contributed by atoms with Crippen LogP contribution in [0.25, 0.3) is 0 Å². The Kier molecular flexibility index (Phi) is 10.1. The van der Waals surface area contributed by atoms with Crippen molar-refractivity contribution in [3.05, 3.63) is 131 Å². The maximum atomic E-state index is 13.9. The van der Waals surface area contributed by atoms with E-state index in [1.165, 1.54) is 24.3 Å². The molecule has 0 bridgehead atoms. The zero-order chi connectivity index (χ0) is 32.3. The van der Waals surface area contributed by atoms with Crippen LogP contribution in [0.1, 0.15) is 45.6 Å². The minimum atomic E-state index is -4.11. The molecule has 11 heteroatoms. The summed E-state index contributed by atoms with van der Waals surface area (Å²) in [5.74, 6) is -1.10. The topological polar surface area (TPSA) is 137 Å². The smallest absolute Gasteiger partial charge is 0.202 e. The van der Waals surface area contributed by atoms with Gasteiger partial charge >= 0.3 is 0 Å². The van der Waals surface area contributed by atoms with Gasteiger partial charge in [0, 0.05) is 12.8 Å². The second-order valence-corrected chi connectivity index (χ2v) is 16.6.